The quantitative estimate of drug-likeness (QED) is 0.441. The molecule has 21 heavy (non-hydrogen) atoms. The number of nitrogens with zero attached hydrogens (tertiary/aromatic N) is 4. The van der Waals surface area contributed by atoms with Gasteiger partial charge < -0.3 is 0 Å². The molecule has 0 unspecified atom stereocenters. The first-order valence-corrected chi connectivity index (χ1v) is 6.81. The van der Waals surface area contributed by atoms with Gasteiger partial charge in [-0.3, -0.25) is 15.5 Å². The van der Waals surface area contributed by atoms with Crippen molar-refractivity contribution in [2.75, 3.05) is 5.43 Å². The Balaban J connectivity index is 1.70. The van der Waals surface area contributed by atoms with E-state index in [1.807, 2.05) is 24.3 Å². The molecule has 0 fully saturated rings. The zero-order valence-electron chi connectivity index (χ0n) is 10.6. The summed E-state index contributed by atoms with van der Waals surface area (Å²) in [5, 5.41) is 18.9. The summed E-state index contributed by atoms with van der Waals surface area (Å²) in [6.07, 6.45) is 0. The highest BCUT2D eigenvalue weighted by atomic mass is 32.1. The number of para-hydroxylation sites is 1. The van der Waals surface area contributed by atoms with E-state index >= 15 is 0 Å². The fourth-order valence-electron chi connectivity index (χ4n) is 1.69. The Bertz CT molecular complexity index is 780. The molecule has 0 bridgehead atoms. The number of fused-ring (bicyclic) bond motifs is 1. The fourth-order valence-corrected chi connectivity index (χ4v) is 2.47. The monoisotopic (exact) mass is 299 g/mol. The lowest BCUT2D eigenvalue weighted by Gasteiger charge is -1.97. The van der Waals surface area contributed by atoms with Crippen LogP contribution in [0.3, 0.4) is 0 Å². The molecule has 1 N–H and O–H groups in total. The molecule has 0 aliphatic carbocycles. The van der Waals surface area contributed by atoms with Crippen LogP contribution in [0.4, 0.5) is 16.5 Å². The number of hydrogen-bond donors (Lipinski definition) is 1. The molecule has 3 rings (SSSR count). The molecule has 2 aromatic carbocycles. The topological polar surface area (TPSA) is 92.8 Å². The number of thiazole rings is 1. The molecule has 1 heterocycles. The molecule has 7 nitrogen and oxygen atoms in total. The second kappa shape index (κ2) is 5.63. The van der Waals surface area contributed by atoms with E-state index in [1.165, 1.54) is 23.5 Å². The standard InChI is InChI=1S/C13H9N5O2S/c19-18(20)10-7-5-9(6-8-10)15-17-16-13-14-11-3-1-2-4-12(11)21-13/h1-8H,(H,14,15,16). The van der Waals surface area contributed by atoms with Crippen LogP contribution in [-0.2, 0) is 0 Å². The van der Waals surface area contributed by atoms with E-state index in [2.05, 4.69) is 20.7 Å². The highest BCUT2D eigenvalue weighted by Crippen LogP contribution is 2.27. The molecule has 0 amide bonds. The van der Waals surface area contributed by atoms with Crippen molar-refractivity contribution < 1.29 is 4.92 Å². The number of nitro benzene ring substituents is 1. The first-order chi connectivity index (χ1) is 10.2. The van der Waals surface area contributed by atoms with Crippen molar-refractivity contribution >= 4 is 38.1 Å². The Hall–Kier alpha value is -2.87. The predicted molar refractivity (Wildman–Crippen MR) is 80.9 cm³/mol. The molecule has 8 heteroatoms. The molecule has 3 aromatic rings. The van der Waals surface area contributed by atoms with E-state index in [4.69, 9.17) is 0 Å². The third-order valence-electron chi connectivity index (χ3n) is 2.68. The van der Waals surface area contributed by atoms with E-state index in [9.17, 15) is 10.1 Å². The molecule has 104 valence electrons. The molecular weight excluding hydrogens is 290 g/mol. The van der Waals surface area contributed by atoms with Crippen LogP contribution >= 0.6 is 11.3 Å². The van der Waals surface area contributed by atoms with Crippen molar-refractivity contribution in [1.29, 1.82) is 0 Å². The van der Waals surface area contributed by atoms with Crippen molar-refractivity contribution in [2.45, 2.75) is 0 Å². The number of rotatable bonds is 4. The van der Waals surface area contributed by atoms with Gasteiger partial charge in [0.05, 0.1) is 20.8 Å². The summed E-state index contributed by atoms with van der Waals surface area (Å²) in [6.45, 7) is 0. The maximum Gasteiger partial charge on any atom is 0.269 e. The summed E-state index contributed by atoms with van der Waals surface area (Å²) in [7, 11) is 0. The van der Waals surface area contributed by atoms with E-state index in [1.54, 1.807) is 12.1 Å². The van der Waals surface area contributed by atoms with Gasteiger partial charge in [-0.25, -0.2) is 4.98 Å². The fraction of sp³-hybridized carbons (Fsp3) is 0. The van der Waals surface area contributed by atoms with Crippen molar-refractivity contribution in [3.05, 3.63) is 58.6 Å². The van der Waals surface area contributed by atoms with Crippen molar-refractivity contribution in [1.82, 2.24) is 4.98 Å². The molecular formula is C13H9N5O2S. The van der Waals surface area contributed by atoms with Crippen LogP contribution in [0.2, 0.25) is 0 Å². The second-order valence-corrected chi connectivity index (χ2v) is 5.09. The van der Waals surface area contributed by atoms with Gasteiger partial charge in [0.15, 0.2) is 0 Å². The third kappa shape index (κ3) is 3.00. The van der Waals surface area contributed by atoms with Crippen molar-refractivity contribution in [3.63, 3.8) is 0 Å². The lowest BCUT2D eigenvalue weighted by atomic mass is 10.3. The van der Waals surface area contributed by atoms with Crippen molar-refractivity contribution in [3.8, 4) is 0 Å². The summed E-state index contributed by atoms with van der Waals surface area (Å²) < 4.78 is 1.04. The Kier molecular flexibility index (Phi) is 3.52. The number of hydrogen-bond acceptors (Lipinski definition) is 6. The zero-order valence-corrected chi connectivity index (χ0v) is 11.4. The van der Waals surface area contributed by atoms with Crippen LogP contribution in [0.1, 0.15) is 0 Å². The normalized spacial score (nSPS) is 11.0. The highest BCUT2D eigenvalue weighted by molar-refractivity contribution is 7.21. The van der Waals surface area contributed by atoms with Crippen LogP contribution in [-0.4, -0.2) is 9.91 Å². The maximum absolute atomic E-state index is 10.5. The molecule has 0 radical (unpaired) electrons. The number of nitrogens with one attached hydrogen (secondary N) is 1. The van der Waals surface area contributed by atoms with E-state index < -0.39 is 4.92 Å². The van der Waals surface area contributed by atoms with Crippen LogP contribution in [0.25, 0.3) is 10.2 Å². The van der Waals surface area contributed by atoms with Gasteiger partial charge in [-0.1, -0.05) is 28.7 Å². The molecule has 0 aliphatic heterocycles. The van der Waals surface area contributed by atoms with Crippen LogP contribution < -0.4 is 5.43 Å². The van der Waals surface area contributed by atoms with Gasteiger partial charge in [0, 0.05) is 12.1 Å². The average molecular weight is 299 g/mol. The van der Waals surface area contributed by atoms with Gasteiger partial charge in [-0.15, -0.1) is 5.11 Å². The molecule has 0 atom stereocenters. The summed E-state index contributed by atoms with van der Waals surface area (Å²) in [6, 6.07) is 13.7. The van der Waals surface area contributed by atoms with Gasteiger partial charge in [-0.2, -0.15) is 0 Å². The van der Waals surface area contributed by atoms with Gasteiger partial charge in [0.1, 0.15) is 0 Å². The zero-order chi connectivity index (χ0) is 14.7. The first-order valence-electron chi connectivity index (χ1n) is 5.99. The minimum atomic E-state index is -0.452. The summed E-state index contributed by atoms with van der Waals surface area (Å²) in [5.41, 5.74) is 4.23. The van der Waals surface area contributed by atoms with Gasteiger partial charge in [0.25, 0.3) is 5.69 Å². The van der Waals surface area contributed by atoms with Gasteiger partial charge in [0.2, 0.25) is 5.13 Å². The summed E-state index contributed by atoms with van der Waals surface area (Å²) >= 11 is 1.44. The first kappa shape index (κ1) is 13.1. The minimum absolute atomic E-state index is 0.0312. The number of aromatic nitrogens is 1. The van der Waals surface area contributed by atoms with Crippen molar-refractivity contribution in [2.24, 2.45) is 10.3 Å². The molecule has 0 aliphatic rings. The van der Waals surface area contributed by atoms with Crippen LogP contribution in [0, 0.1) is 10.1 Å². The molecule has 0 spiro atoms. The SMILES string of the molecule is O=[N+]([O-])c1ccc(NN=Nc2nc3ccccc3s2)cc1. The average Bonchev–Trinajstić information content (AvgIpc) is 2.90. The Labute approximate surface area is 123 Å². The third-order valence-corrected chi connectivity index (χ3v) is 3.60. The Morgan fingerprint density at radius 1 is 1.14 bits per heavy atom. The molecule has 1 aromatic heterocycles. The Morgan fingerprint density at radius 2 is 1.90 bits per heavy atom. The highest BCUT2D eigenvalue weighted by Gasteiger charge is 2.03. The van der Waals surface area contributed by atoms with Gasteiger partial charge in [-0.05, 0) is 24.3 Å². The van der Waals surface area contributed by atoms with E-state index in [0.717, 1.165) is 10.2 Å². The smallest absolute Gasteiger partial charge is 0.260 e. The van der Waals surface area contributed by atoms with Gasteiger partial charge >= 0.3 is 0 Å². The lowest BCUT2D eigenvalue weighted by Crippen LogP contribution is -1.89. The maximum atomic E-state index is 10.5. The second-order valence-electron chi connectivity index (χ2n) is 4.08. The number of anilines is 1. The largest absolute Gasteiger partial charge is 0.269 e. The minimum Gasteiger partial charge on any atom is -0.260 e. The molecule has 0 saturated carbocycles. The van der Waals surface area contributed by atoms with Crippen LogP contribution in [0.15, 0.2) is 58.9 Å². The predicted octanol–water partition coefficient (Wildman–Crippen LogP) is 4.32. The van der Waals surface area contributed by atoms with Crippen LogP contribution in [0.5, 0.6) is 0 Å². The number of benzene rings is 2. The number of non-ortho nitro benzene ring substituents is 1. The molecule has 0 saturated heterocycles. The Morgan fingerprint density at radius 3 is 2.62 bits per heavy atom. The van der Waals surface area contributed by atoms with E-state index in [-0.39, 0.29) is 5.69 Å². The lowest BCUT2D eigenvalue weighted by molar-refractivity contribution is -0.384. The number of nitro groups is 1. The summed E-state index contributed by atoms with van der Waals surface area (Å²) in [4.78, 5) is 14.4. The summed E-state index contributed by atoms with van der Waals surface area (Å²) in [5.74, 6) is 0. The van der Waals surface area contributed by atoms with E-state index in [0.29, 0.717) is 10.8 Å².